The number of thiazole rings is 1. The van der Waals surface area contributed by atoms with Crippen LogP contribution in [0.15, 0.2) is 16.8 Å². The maximum Gasteiger partial charge on any atom is 0.350 e. The van der Waals surface area contributed by atoms with Gasteiger partial charge in [-0.1, -0.05) is 0 Å². The van der Waals surface area contributed by atoms with E-state index in [0.29, 0.717) is 15.6 Å². The first-order valence-electron chi connectivity index (χ1n) is 5.71. The molecule has 2 aromatic rings. The van der Waals surface area contributed by atoms with Crippen LogP contribution in [0.2, 0.25) is 0 Å². The molecule has 2 aromatic heterocycles. The molecule has 6 nitrogen and oxygen atoms in total. The number of amides is 1. The summed E-state index contributed by atoms with van der Waals surface area (Å²) in [6.45, 7) is 1.80. The van der Waals surface area contributed by atoms with Crippen molar-refractivity contribution in [1.82, 2.24) is 4.98 Å². The normalized spacial score (nSPS) is 11.9. The van der Waals surface area contributed by atoms with Gasteiger partial charge in [0, 0.05) is 5.38 Å². The SMILES string of the molecule is COC(=O)c1sccc1NC(=O)c1csc(C(C)N)n1. The number of esters is 1. The van der Waals surface area contributed by atoms with Crippen molar-refractivity contribution in [3.8, 4) is 0 Å². The lowest BCUT2D eigenvalue weighted by atomic mass is 10.3. The van der Waals surface area contributed by atoms with Crippen molar-refractivity contribution in [1.29, 1.82) is 0 Å². The fourth-order valence-corrected chi connectivity index (χ4v) is 2.97. The van der Waals surface area contributed by atoms with Gasteiger partial charge in [-0.15, -0.1) is 22.7 Å². The van der Waals surface area contributed by atoms with Crippen molar-refractivity contribution in [2.24, 2.45) is 5.73 Å². The van der Waals surface area contributed by atoms with E-state index in [2.05, 4.69) is 15.0 Å². The van der Waals surface area contributed by atoms with Crippen molar-refractivity contribution < 1.29 is 14.3 Å². The van der Waals surface area contributed by atoms with Crippen LogP contribution in [0.3, 0.4) is 0 Å². The molecule has 0 saturated heterocycles. The summed E-state index contributed by atoms with van der Waals surface area (Å²) in [7, 11) is 1.29. The molecule has 1 unspecified atom stereocenters. The fourth-order valence-electron chi connectivity index (χ4n) is 1.45. The number of nitrogens with zero attached hydrogens (tertiary/aromatic N) is 1. The summed E-state index contributed by atoms with van der Waals surface area (Å²) in [5.74, 6) is -0.860. The van der Waals surface area contributed by atoms with Gasteiger partial charge >= 0.3 is 5.97 Å². The molecule has 0 aliphatic heterocycles. The van der Waals surface area contributed by atoms with Crippen molar-refractivity contribution in [2.75, 3.05) is 12.4 Å². The van der Waals surface area contributed by atoms with Crippen LogP contribution in [0.4, 0.5) is 5.69 Å². The first-order valence-corrected chi connectivity index (χ1v) is 7.47. The van der Waals surface area contributed by atoms with Crippen LogP contribution in [-0.4, -0.2) is 24.0 Å². The number of aromatic nitrogens is 1. The molecule has 0 aliphatic carbocycles. The number of ether oxygens (including phenoxy) is 1. The van der Waals surface area contributed by atoms with Gasteiger partial charge in [-0.25, -0.2) is 9.78 Å². The van der Waals surface area contributed by atoms with Crippen molar-refractivity contribution in [2.45, 2.75) is 13.0 Å². The number of carbonyl (C=O) groups excluding carboxylic acids is 2. The number of hydrogen-bond donors (Lipinski definition) is 2. The van der Waals surface area contributed by atoms with E-state index >= 15 is 0 Å². The molecule has 1 amide bonds. The summed E-state index contributed by atoms with van der Waals surface area (Å²) in [6, 6.07) is 1.43. The standard InChI is InChI=1S/C12H13N3O3S2/c1-6(13)11-15-8(5-20-11)10(16)14-7-3-4-19-9(7)12(17)18-2/h3-6H,13H2,1-2H3,(H,14,16). The minimum absolute atomic E-state index is 0.215. The smallest absolute Gasteiger partial charge is 0.350 e. The second kappa shape index (κ2) is 6.12. The van der Waals surface area contributed by atoms with Gasteiger partial charge in [-0.05, 0) is 18.4 Å². The molecule has 0 fully saturated rings. The zero-order valence-electron chi connectivity index (χ0n) is 10.9. The van der Waals surface area contributed by atoms with E-state index in [9.17, 15) is 9.59 Å². The summed E-state index contributed by atoms with van der Waals surface area (Å²) >= 11 is 2.53. The van der Waals surface area contributed by atoms with E-state index in [4.69, 9.17) is 5.73 Å². The van der Waals surface area contributed by atoms with E-state index in [1.165, 1.54) is 29.8 Å². The Morgan fingerprint density at radius 1 is 1.45 bits per heavy atom. The largest absolute Gasteiger partial charge is 0.465 e. The van der Waals surface area contributed by atoms with Gasteiger partial charge in [0.2, 0.25) is 0 Å². The molecule has 0 aromatic carbocycles. The highest BCUT2D eigenvalue weighted by atomic mass is 32.1. The van der Waals surface area contributed by atoms with Crippen LogP contribution in [-0.2, 0) is 4.74 Å². The number of nitrogens with two attached hydrogens (primary N) is 1. The predicted octanol–water partition coefficient (Wildman–Crippen LogP) is 2.26. The summed E-state index contributed by atoms with van der Waals surface area (Å²) in [4.78, 5) is 28.1. The molecule has 0 radical (unpaired) electrons. The Morgan fingerprint density at radius 3 is 2.80 bits per heavy atom. The monoisotopic (exact) mass is 311 g/mol. The number of carbonyl (C=O) groups is 2. The number of hydrogen-bond acceptors (Lipinski definition) is 7. The Hall–Kier alpha value is -1.77. The van der Waals surface area contributed by atoms with Gasteiger partial charge in [0.25, 0.3) is 5.91 Å². The number of nitrogens with one attached hydrogen (secondary N) is 1. The molecular weight excluding hydrogens is 298 g/mol. The number of rotatable bonds is 4. The molecule has 3 N–H and O–H groups in total. The average Bonchev–Trinajstić information content (AvgIpc) is 3.06. The predicted molar refractivity (Wildman–Crippen MR) is 78.3 cm³/mol. The van der Waals surface area contributed by atoms with Gasteiger partial charge in [0.1, 0.15) is 15.6 Å². The summed E-state index contributed by atoms with van der Waals surface area (Å²) in [5, 5.41) is 6.68. The second-order valence-corrected chi connectivity index (χ2v) is 5.77. The Kier molecular flexibility index (Phi) is 4.48. The average molecular weight is 311 g/mol. The van der Waals surface area contributed by atoms with Gasteiger partial charge in [0.05, 0.1) is 18.8 Å². The Morgan fingerprint density at radius 2 is 2.20 bits per heavy atom. The molecule has 2 rings (SSSR count). The van der Waals surface area contributed by atoms with Crippen LogP contribution in [0.1, 0.15) is 38.1 Å². The lowest BCUT2D eigenvalue weighted by molar-refractivity contribution is 0.0607. The molecular formula is C12H13N3O3S2. The third-order valence-electron chi connectivity index (χ3n) is 2.43. The van der Waals surface area contributed by atoms with E-state index in [1.807, 2.05) is 0 Å². The first kappa shape index (κ1) is 14.6. The minimum Gasteiger partial charge on any atom is -0.465 e. The summed E-state index contributed by atoms with van der Waals surface area (Å²) in [5.41, 5.74) is 6.40. The number of thiophene rings is 1. The maximum atomic E-state index is 12.1. The maximum absolute atomic E-state index is 12.1. The van der Waals surface area contributed by atoms with Crippen LogP contribution >= 0.6 is 22.7 Å². The van der Waals surface area contributed by atoms with Crippen LogP contribution in [0.25, 0.3) is 0 Å². The fraction of sp³-hybridized carbons (Fsp3) is 0.250. The van der Waals surface area contributed by atoms with Crippen LogP contribution < -0.4 is 11.1 Å². The van der Waals surface area contributed by atoms with Gasteiger partial charge < -0.3 is 15.8 Å². The second-order valence-electron chi connectivity index (χ2n) is 3.97. The van der Waals surface area contributed by atoms with E-state index in [-0.39, 0.29) is 17.6 Å². The molecule has 2 heterocycles. The zero-order chi connectivity index (χ0) is 14.7. The molecule has 0 spiro atoms. The molecule has 0 saturated carbocycles. The highest BCUT2D eigenvalue weighted by molar-refractivity contribution is 7.12. The Balaban J connectivity index is 2.15. The van der Waals surface area contributed by atoms with Gasteiger partial charge in [0.15, 0.2) is 0 Å². The molecule has 8 heteroatoms. The number of methoxy groups -OCH3 is 1. The molecule has 0 aliphatic rings. The lowest BCUT2D eigenvalue weighted by Gasteiger charge is -2.03. The van der Waals surface area contributed by atoms with Crippen LogP contribution in [0.5, 0.6) is 0 Å². The van der Waals surface area contributed by atoms with E-state index in [1.54, 1.807) is 23.8 Å². The Labute approximate surface area is 123 Å². The quantitative estimate of drug-likeness (QED) is 0.845. The number of anilines is 1. The molecule has 106 valence electrons. The van der Waals surface area contributed by atoms with E-state index in [0.717, 1.165) is 0 Å². The molecule has 20 heavy (non-hydrogen) atoms. The summed E-state index contributed by atoms with van der Waals surface area (Å²) < 4.78 is 4.65. The third kappa shape index (κ3) is 3.03. The van der Waals surface area contributed by atoms with Gasteiger partial charge in [-0.2, -0.15) is 0 Å². The lowest BCUT2D eigenvalue weighted by Crippen LogP contribution is -2.15. The van der Waals surface area contributed by atoms with E-state index < -0.39 is 5.97 Å². The minimum atomic E-state index is -0.482. The zero-order valence-corrected chi connectivity index (χ0v) is 12.5. The van der Waals surface area contributed by atoms with Gasteiger partial charge in [-0.3, -0.25) is 4.79 Å². The first-order chi connectivity index (χ1) is 9.52. The molecule has 0 bridgehead atoms. The highest BCUT2D eigenvalue weighted by Crippen LogP contribution is 2.24. The summed E-state index contributed by atoms with van der Waals surface area (Å²) in [6.07, 6.45) is 0. The van der Waals surface area contributed by atoms with Crippen molar-refractivity contribution in [3.05, 3.63) is 32.4 Å². The van der Waals surface area contributed by atoms with Crippen molar-refractivity contribution in [3.63, 3.8) is 0 Å². The van der Waals surface area contributed by atoms with Crippen LogP contribution in [0, 0.1) is 0 Å². The Bertz CT molecular complexity index is 633. The van der Waals surface area contributed by atoms with Crippen molar-refractivity contribution >= 4 is 40.2 Å². The highest BCUT2D eigenvalue weighted by Gasteiger charge is 2.18. The topological polar surface area (TPSA) is 94.3 Å². The third-order valence-corrected chi connectivity index (χ3v) is 4.37. The molecule has 1 atom stereocenters.